The SMILES string of the molecule is O=S(=O)(Nc1cccc2cc(C3=NCCS3)[nH]c12)c1cccs1. The number of fused-ring (bicyclic) bond motifs is 1. The second kappa shape index (κ2) is 5.70. The fourth-order valence-electron chi connectivity index (χ4n) is 2.47. The molecule has 118 valence electrons. The van der Waals surface area contributed by atoms with Crippen LogP contribution in [0.15, 0.2) is 51.0 Å². The third kappa shape index (κ3) is 2.77. The molecule has 8 heteroatoms. The van der Waals surface area contributed by atoms with Gasteiger partial charge >= 0.3 is 0 Å². The number of rotatable bonds is 4. The number of nitrogens with one attached hydrogen (secondary N) is 2. The Morgan fingerprint density at radius 2 is 2.13 bits per heavy atom. The van der Waals surface area contributed by atoms with Gasteiger partial charge in [-0.25, -0.2) is 8.42 Å². The average molecular weight is 363 g/mol. The first-order valence-corrected chi connectivity index (χ1v) is 10.3. The van der Waals surface area contributed by atoms with Gasteiger partial charge in [-0.05, 0) is 23.6 Å². The quantitative estimate of drug-likeness (QED) is 0.745. The van der Waals surface area contributed by atoms with Gasteiger partial charge in [0.2, 0.25) is 0 Å². The number of hydrogen-bond acceptors (Lipinski definition) is 5. The number of benzene rings is 1. The standard InChI is InChI=1S/C15H13N3O2S3/c19-23(20,13-5-2-7-21-13)18-11-4-1-3-10-9-12(17-14(10)11)15-16-6-8-22-15/h1-5,7,9,17-18H,6,8H2. The maximum Gasteiger partial charge on any atom is 0.271 e. The number of aromatic nitrogens is 1. The maximum atomic E-state index is 12.4. The molecule has 0 saturated heterocycles. The fourth-order valence-corrected chi connectivity index (χ4v) is 5.35. The van der Waals surface area contributed by atoms with Gasteiger partial charge in [0.1, 0.15) is 9.25 Å². The van der Waals surface area contributed by atoms with Crippen LogP contribution in [0.2, 0.25) is 0 Å². The first-order valence-electron chi connectivity index (χ1n) is 6.99. The summed E-state index contributed by atoms with van der Waals surface area (Å²) in [6.07, 6.45) is 0. The Bertz CT molecular complexity index is 988. The molecule has 0 radical (unpaired) electrons. The van der Waals surface area contributed by atoms with Crippen LogP contribution in [0.1, 0.15) is 5.69 Å². The molecule has 0 fully saturated rings. The minimum absolute atomic E-state index is 0.303. The van der Waals surface area contributed by atoms with Gasteiger partial charge in [-0.15, -0.1) is 23.1 Å². The number of aromatic amines is 1. The molecule has 2 N–H and O–H groups in total. The Balaban J connectivity index is 1.75. The van der Waals surface area contributed by atoms with E-state index in [1.54, 1.807) is 35.3 Å². The molecule has 0 unspecified atom stereocenters. The number of anilines is 1. The van der Waals surface area contributed by atoms with E-state index in [2.05, 4.69) is 14.7 Å². The minimum Gasteiger partial charge on any atom is -0.351 e. The smallest absolute Gasteiger partial charge is 0.271 e. The van der Waals surface area contributed by atoms with Crippen LogP contribution in [-0.4, -0.2) is 30.7 Å². The van der Waals surface area contributed by atoms with Crippen molar-refractivity contribution < 1.29 is 8.42 Å². The molecule has 0 saturated carbocycles. The van der Waals surface area contributed by atoms with E-state index >= 15 is 0 Å². The number of hydrogen-bond donors (Lipinski definition) is 2. The molecule has 0 aliphatic carbocycles. The van der Waals surface area contributed by atoms with Crippen molar-refractivity contribution in [3.05, 3.63) is 47.5 Å². The van der Waals surface area contributed by atoms with Gasteiger partial charge in [0.25, 0.3) is 10.0 Å². The Hall–Kier alpha value is -1.77. The van der Waals surface area contributed by atoms with Crippen LogP contribution < -0.4 is 4.72 Å². The summed E-state index contributed by atoms with van der Waals surface area (Å²) in [6, 6.07) is 10.9. The van der Waals surface area contributed by atoms with Gasteiger partial charge < -0.3 is 4.98 Å². The fraction of sp³-hybridized carbons (Fsp3) is 0.133. The third-order valence-corrected chi connectivity index (χ3v) is 7.25. The van der Waals surface area contributed by atoms with E-state index in [1.807, 2.05) is 18.2 Å². The lowest BCUT2D eigenvalue weighted by molar-refractivity contribution is 0.603. The molecule has 0 spiro atoms. The van der Waals surface area contributed by atoms with Crippen LogP contribution in [0.4, 0.5) is 5.69 Å². The summed E-state index contributed by atoms with van der Waals surface area (Å²) in [7, 11) is -3.56. The third-order valence-electron chi connectivity index (χ3n) is 3.48. The molecule has 0 amide bonds. The van der Waals surface area contributed by atoms with Crippen molar-refractivity contribution in [2.45, 2.75) is 4.21 Å². The number of thiophene rings is 1. The summed E-state index contributed by atoms with van der Waals surface area (Å²) < 4.78 is 27.8. The number of H-pyrrole nitrogens is 1. The van der Waals surface area contributed by atoms with E-state index in [1.165, 1.54) is 11.3 Å². The Labute approximate surface area is 141 Å². The van der Waals surface area contributed by atoms with Crippen molar-refractivity contribution in [1.29, 1.82) is 0 Å². The largest absolute Gasteiger partial charge is 0.351 e. The molecule has 1 aromatic carbocycles. The lowest BCUT2D eigenvalue weighted by Crippen LogP contribution is -2.11. The summed E-state index contributed by atoms with van der Waals surface area (Å²) in [6.45, 7) is 0.827. The summed E-state index contributed by atoms with van der Waals surface area (Å²) in [5.41, 5.74) is 2.26. The highest BCUT2D eigenvalue weighted by Gasteiger charge is 2.18. The van der Waals surface area contributed by atoms with Crippen LogP contribution in [0.25, 0.3) is 10.9 Å². The Morgan fingerprint density at radius 1 is 1.22 bits per heavy atom. The second-order valence-electron chi connectivity index (χ2n) is 5.03. The van der Waals surface area contributed by atoms with E-state index < -0.39 is 10.0 Å². The molecule has 0 bridgehead atoms. The van der Waals surface area contributed by atoms with Crippen LogP contribution in [-0.2, 0) is 10.0 Å². The zero-order chi connectivity index (χ0) is 15.9. The molecule has 5 nitrogen and oxygen atoms in total. The van der Waals surface area contributed by atoms with Gasteiger partial charge in [0, 0.05) is 17.7 Å². The van der Waals surface area contributed by atoms with Crippen LogP contribution in [0.3, 0.4) is 0 Å². The first-order chi connectivity index (χ1) is 11.1. The van der Waals surface area contributed by atoms with Gasteiger partial charge in [0.15, 0.2) is 0 Å². The predicted molar refractivity (Wildman–Crippen MR) is 97.3 cm³/mol. The highest BCUT2D eigenvalue weighted by molar-refractivity contribution is 8.14. The number of sulfonamides is 1. The van der Waals surface area contributed by atoms with Gasteiger partial charge in [-0.2, -0.15) is 0 Å². The topological polar surface area (TPSA) is 74.3 Å². The van der Waals surface area contributed by atoms with Gasteiger partial charge in [0.05, 0.1) is 16.9 Å². The highest BCUT2D eigenvalue weighted by atomic mass is 32.2. The van der Waals surface area contributed by atoms with E-state index in [4.69, 9.17) is 0 Å². The van der Waals surface area contributed by atoms with Crippen molar-refractivity contribution >= 4 is 54.8 Å². The van der Waals surface area contributed by atoms with Crippen molar-refractivity contribution in [2.24, 2.45) is 4.99 Å². The van der Waals surface area contributed by atoms with E-state index in [0.717, 1.165) is 33.9 Å². The van der Waals surface area contributed by atoms with E-state index in [0.29, 0.717) is 9.90 Å². The first kappa shape index (κ1) is 14.8. The molecule has 3 heterocycles. The number of para-hydroxylation sites is 1. The normalized spacial score (nSPS) is 15.0. The van der Waals surface area contributed by atoms with E-state index in [9.17, 15) is 8.42 Å². The molecule has 23 heavy (non-hydrogen) atoms. The highest BCUT2D eigenvalue weighted by Crippen LogP contribution is 2.29. The zero-order valence-electron chi connectivity index (χ0n) is 11.9. The monoisotopic (exact) mass is 363 g/mol. The lowest BCUT2D eigenvalue weighted by atomic mass is 10.2. The summed E-state index contributed by atoms with van der Waals surface area (Å²) in [5, 5.41) is 3.69. The average Bonchev–Trinajstić information content (AvgIpc) is 3.27. The number of aliphatic imine (C=N–C) groups is 1. The molecular formula is C15H13N3O2S3. The summed E-state index contributed by atoms with van der Waals surface area (Å²) in [4.78, 5) is 7.76. The Morgan fingerprint density at radius 3 is 2.87 bits per heavy atom. The molecule has 1 aliphatic rings. The van der Waals surface area contributed by atoms with E-state index in [-0.39, 0.29) is 0 Å². The van der Waals surface area contributed by atoms with Crippen molar-refractivity contribution in [3.8, 4) is 0 Å². The molecule has 1 aliphatic heterocycles. The molecule has 4 rings (SSSR count). The minimum atomic E-state index is -3.56. The van der Waals surface area contributed by atoms with Crippen molar-refractivity contribution in [2.75, 3.05) is 17.0 Å². The summed E-state index contributed by atoms with van der Waals surface area (Å²) >= 11 is 2.91. The van der Waals surface area contributed by atoms with Crippen molar-refractivity contribution in [1.82, 2.24) is 4.98 Å². The summed E-state index contributed by atoms with van der Waals surface area (Å²) in [5.74, 6) is 0.989. The molecule has 2 aromatic heterocycles. The number of thioether (sulfide) groups is 1. The molecule has 3 aromatic rings. The number of nitrogens with zero attached hydrogens (tertiary/aromatic N) is 1. The lowest BCUT2D eigenvalue weighted by Gasteiger charge is -2.07. The Kier molecular flexibility index (Phi) is 3.67. The predicted octanol–water partition coefficient (Wildman–Crippen LogP) is 3.52. The molecule has 0 atom stereocenters. The second-order valence-corrected chi connectivity index (χ2v) is 8.97. The zero-order valence-corrected chi connectivity index (χ0v) is 14.4. The maximum absolute atomic E-state index is 12.4. The van der Waals surface area contributed by atoms with Crippen LogP contribution in [0, 0.1) is 0 Å². The molecular weight excluding hydrogens is 350 g/mol. The van der Waals surface area contributed by atoms with Gasteiger partial charge in [-0.1, -0.05) is 18.2 Å². The van der Waals surface area contributed by atoms with Crippen molar-refractivity contribution in [3.63, 3.8) is 0 Å². The van der Waals surface area contributed by atoms with Crippen LogP contribution >= 0.6 is 23.1 Å². The van der Waals surface area contributed by atoms with Gasteiger partial charge in [-0.3, -0.25) is 9.71 Å². The van der Waals surface area contributed by atoms with Crippen LogP contribution in [0.5, 0.6) is 0 Å².